The Morgan fingerprint density at radius 3 is 2.74 bits per heavy atom. The molecule has 0 bridgehead atoms. The van der Waals surface area contributed by atoms with Crippen molar-refractivity contribution in [2.24, 2.45) is 0 Å². The predicted octanol–water partition coefficient (Wildman–Crippen LogP) is 2.19. The SMILES string of the molecule is O=C(O)c1cccnc1OCCCc1ccncc1. The molecule has 0 saturated heterocycles. The number of rotatable bonds is 6. The van der Waals surface area contributed by atoms with E-state index in [1.165, 1.54) is 17.8 Å². The first-order valence-corrected chi connectivity index (χ1v) is 5.97. The molecule has 1 N–H and O–H groups in total. The summed E-state index contributed by atoms with van der Waals surface area (Å²) in [5, 5.41) is 8.97. The molecule has 0 aliphatic rings. The lowest BCUT2D eigenvalue weighted by atomic mass is 10.1. The van der Waals surface area contributed by atoms with Crippen molar-refractivity contribution >= 4 is 5.97 Å². The van der Waals surface area contributed by atoms with Gasteiger partial charge in [-0.1, -0.05) is 0 Å². The second-order valence-electron chi connectivity index (χ2n) is 3.97. The number of nitrogens with zero attached hydrogens (tertiary/aromatic N) is 2. The molecule has 2 heterocycles. The first-order valence-electron chi connectivity index (χ1n) is 5.97. The maximum atomic E-state index is 10.9. The maximum Gasteiger partial charge on any atom is 0.341 e. The van der Waals surface area contributed by atoms with Gasteiger partial charge < -0.3 is 9.84 Å². The predicted molar refractivity (Wildman–Crippen MR) is 69.2 cm³/mol. The summed E-state index contributed by atoms with van der Waals surface area (Å²) in [4.78, 5) is 18.8. The molecule has 0 atom stereocenters. The van der Waals surface area contributed by atoms with Crippen LogP contribution in [-0.4, -0.2) is 27.7 Å². The zero-order valence-corrected chi connectivity index (χ0v) is 10.3. The zero-order chi connectivity index (χ0) is 13.5. The van der Waals surface area contributed by atoms with E-state index in [0.29, 0.717) is 6.61 Å². The van der Waals surface area contributed by atoms with Gasteiger partial charge in [0.05, 0.1) is 6.61 Å². The Hall–Kier alpha value is -2.43. The molecule has 98 valence electrons. The van der Waals surface area contributed by atoms with Crippen LogP contribution in [0.25, 0.3) is 0 Å². The van der Waals surface area contributed by atoms with Crippen LogP contribution in [0.4, 0.5) is 0 Å². The Morgan fingerprint density at radius 1 is 1.21 bits per heavy atom. The van der Waals surface area contributed by atoms with Crippen LogP contribution < -0.4 is 4.74 Å². The lowest BCUT2D eigenvalue weighted by Crippen LogP contribution is -2.06. The maximum absolute atomic E-state index is 10.9. The molecule has 0 unspecified atom stereocenters. The fraction of sp³-hybridized carbons (Fsp3) is 0.214. The summed E-state index contributed by atoms with van der Waals surface area (Å²) >= 11 is 0. The van der Waals surface area contributed by atoms with E-state index in [1.807, 2.05) is 12.1 Å². The standard InChI is InChI=1S/C14H14N2O3/c17-14(18)12-4-1-7-16-13(12)19-10-2-3-11-5-8-15-9-6-11/h1,4-9H,2-3,10H2,(H,17,18). The summed E-state index contributed by atoms with van der Waals surface area (Å²) in [6.45, 7) is 0.430. The third-order valence-electron chi connectivity index (χ3n) is 2.60. The highest BCUT2D eigenvalue weighted by Gasteiger charge is 2.11. The molecular weight excluding hydrogens is 244 g/mol. The number of pyridine rings is 2. The van der Waals surface area contributed by atoms with Crippen LogP contribution in [-0.2, 0) is 6.42 Å². The summed E-state index contributed by atoms with van der Waals surface area (Å²) < 4.78 is 5.41. The number of aryl methyl sites for hydroxylation is 1. The Labute approximate surface area is 110 Å². The smallest absolute Gasteiger partial charge is 0.341 e. The van der Waals surface area contributed by atoms with Gasteiger partial charge in [-0.05, 0) is 42.7 Å². The van der Waals surface area contributed by atoms with E-state index in [4.69, 9.17) is 9.84 Å². The zero-order valence-electron chi connectivity index (χ0n) is 10.3. The second-order valence-corrected chi connectivity index (χ2v) is 3.97. The van der Waals surface area contributed by atoms with E-state index in [0.717, 1.165) is 12.8 Å². The minimum absolute atomic E-state index is 0.0893. The lowest BCUT2D eigenvalue weighted by molar-refractivity contribution is 0.0691. The van der Waals surface area contributed by atoms with E-state index < -0.39 is 5.97 Å². The van der Waals surface area contributed by atoms with Gasteiger partial charge >= 0.3 is 5.97 Å². The molecule has 2 aromatic rings. The molecule has 0 fully saturated rings. The Morgan fingerprint density at radius 2 is 2.00 bits per heavy atom. The molecule has 0 saturated carbocycles. The topological polar surface area (TPSA) is 72.3 Å². The molecule has 2 aromatic heterocycles. The Kier molecular flexibility index (Phi) is 4.44. The minimum Gasteiger partial charge on any atom is -0.477 e. The molecule has 0 radical (unpaired) electrons. The van der Waals surface area contributed by atoms with E-state index >= 15 is 0 Å². The van der Waals surface area contributed by atoms with Crippen molar-refractivity contribution in [1.82, 2.24) is 9.97 Å². The molecule has 5 nitrogen and oxygen atoms in total. The molecular formula is C14H14N2O3. The van der Waals surface area contributed by atoms with Crippen molar-refractivity contribution in [1.29, 1.82) is 0 Å². The number of carboxylic acid groups (broad SMARTS) is 1. The molecule has 0 aliphatic heterocycles. The Balaban J connectivity index is 1.85. The number of carbonyl (C=O) groups is 1. The van der Waals surface area contributed by atoms with Gasteiger partial charge in [-0.15, -0.1) is 0 Å². The van der Waals surface area contributed by atoms with E-state index in [9.17, 15) is 4.79 Å². The first-order chi connectivity index (χ1) is 9.27. The number of hydrogen-bond donors (Lipinski definition) is 1. The molecule has 0 aromatic carbocycles. The van der Waals surface area contributed by atoms with Gasteiger partial charge in [0, 0.05) is 18.6 Å². The van der Waals surface area contributed by atoms with Crippen molar-refractivity contribution in [3.63, 3.8) is 0 Å². The van der Waals surface area contributed by atoms with Crippen LogP contribution in [0, 0.1) is 0 Å². The molecule has 0 spiro atoms. The lowest BCUT2D eigenvalue weighted by Gasteiger charge is -2.07. The van der Waals surface area contributed by atoms with Crippen LogP contribution >= 0.6 is 0 Å². The average molecular weight is 258 g/mol. The van der Waals surface area contributed by atoms with Crippen molar-refractivity contribution < 1.29 is 14.6 Å². The largest absolute Gasteiger partial charge is 0.477 e. The number of hydrogen-bond acceptors (Lipinski definition) is 4. The fourth-order valence-corrected chi connectivity index (χ4v) is 1.66. The summed E-state index contributed by atoms with van der Waals surface area (Å²) in [6, 6.07) is 6.95. The van der Waals surface area contributed by atoms with Crippen LogP contribution in [0.3, 0.4) is 0 Å². The van der Waals surface area contributed by atoms with Crippen molar-refractivity contribution in [2.75, 3.05) is 6.61 Å². The highest BCUT2D eigenvalue weighted by atomic mass is 16.5. The van der Waals surface area contributed by atoms with Crippen molar-refractivity contribution in [2.45, 2.75) is 12.8 Å². The van der Waals surface area contributed by atoms with Gasteiger partial charge in [0.2, 0.25) is 5.88 Å². The second kappa shape index (κ2) is 6.49. The van der Waals surface area contributed by atoms with Crippen LogP contribution in [0.2, 0.25) is 0 Å². The highest BCUT2D eigenvalue weighted by Crippen LogP contribution is 2.14. The quantitative estimate of drug-likeness (QED) is 0.804. The summed E-state index contributed by atoms with van der Waals surface area (Å²) in [7, 11) is 0. The van der Waals surface area contributed by atoms with Gasteiger partial charge in [-0.25, -0.2) is 9.78 Å². The van der Waals surface area contributed by atoms with Crippen LogP contribution in [0.15, 0.2) is 42.9 Å². The normalized spacial score (nSPS) is 10.1. The van der Waals surface area contributed by atoms with Crippen molar-refractivity contribution in [3.8, 4) is 5.88 Å². The van der Waals surface area contributed by atoms with Gasteiger partial charge in [0.1, 0.15) is 5.56 Å². The molecule has 0 aliphatic carbocycles. The highest BCUT2D eigenvalue weighted by molar-refractivity contribution is 5.90. The van der Waals surface area contributed by atoms with E-state index in [2.05, 4.69) is 9.97 Å². The summed E-state index contributed by atoms with van der Waals surface area (Å²) in [5.74, 6) is -0.859. The molecule has 0 amide bonds. The van der Waals surface area contributed by atoms with Crippen LogP contribution in [0.5, 0.6) is 5.88 Å². The molecule has 5 heteroatoms. The first kappa shape index (κ1) is 13.0. The summed E-state index contributed by atoms with van der Waals surface area (Å²) in [5.41, 5.74) is 1.27. The third kappa shape index (κ3) is 3.77. The Bertz CT molecular complexity index is 543. The molecule has 2 rings (SSSR count). The number of aromatic nitrogens is 2. The van der Waals surface area contributed by atoms with Gasteiger partial charge in [-0.2, -0.15) is 0 Å². The number of carboxylic acids is 1. The fourth-order valence-electron chi connectivity index (χ4n) is 1.66. The van der Waals surface area contributed by atoms with Gasteiger partial charge in [0.25, 0.3) is 0 Å². The van der Waals surface area contributed by atoms with Gasteiger partial charge in [0.15, 0.2) is 0 Å². The molecule has 19 heavy (non-hydrogen) atoms. The number of aromatic carboxylic acids is 1. The van der Waals surface area contributed by atoms with Crippen LogP contribution in [0.1, 0.15) is 22.3 Å². The summed E-state index contributed by atoms with van der Waals surface area (Å²) in [6.07, 6.45) is 6.66. The third-order valence-corrected chi connectivity index (χ3v) is 2.60. The van der Waals surface area contributed by atoms with E-state index in [-0.39, 0.29) is 11.4 Å². The monoisotopic (exact) mass is 258 g/mol. The average Bonchev–Trinajstić information content (AvgIpc) is 2.45. The van der Waals surface area contributed by atoms with Crippen molar-refractivity contribution in [3.05, 3.63) is 54.0 Å². The minimum atomic E-state index is -1.03. The van der Waals surface area contributed by atoms with E-state index in [1.54, 1.807) is 18.5 Å². The van der Waals surface area contributed by atoms with Gasteiger partial charge in [-0.3, -0.25) is 4.98 Å². The number of ether oxygens (including phenoxy) is 1.